The number of nitrogens with one attached hydrogen (secondary N) is 1. The highest BCUT2D eigenvalue weighted by Gasteiger charge is 2.21. The third-order valence-corrected chi connectivity index (χ3v) is 3.61. The van der Waals surface area contributed by atoms with Gasteiger partial charge in [0.05, 0.1) is 0 Å². The minimum Gasteiger partial charge on any atom is -0.312 e. The predicted molar refractivity (Wildman–Crippen MR) is 77.8 cm³/mol. The Bertz CT molecular complexity index is 386. The van der Waals surface area contributed by atoms with Crippen LogP contribution in [0.15, 0.2) is 36.9 Å². The van der Waals surface area contributed by atoms with Crippen molar-refractivity contribution in [2.24, 2.45) is 0 Å². The summed E-state index contributed by atoms with van der Waals surface area (Å²) in [5.41, 5.74) is 2.99. The normalized spacial score (nSPS) is 18.7. The van der Waals surface area contributed by atoms with Gasteiger partial charge in [-0.15, -0.1) is 6.58 Å². The first-order chi connectivity index (χ1) is 8.85. The number of nitrogens with zero attached hydrogens (tertiary/aromatic N) is 1. The average molecular weight is 244 g/mol. The fourth-order valence-electron chi connectivity index (χ4n) is 2.81. The Morgan fingerprint density at radius 2 is 2.28 bits per heavy atom. The van der Waals surface area contributed by atoms with Crippen LogP contribution in [0.2, 0.25) is 0 Å². The van der Waals surface area contributed by atoms with Gasteiger partial charge in [-0.05, 0) is 24.1 Å². The van der Waals surface area contributed by atoms with E-state index in [2.05, 4.69) is 48.0 Å². The van der Waals surface area contributed by atoms with Crippen LogP contribution in [-0.2, 0) is 6.54 Å². The second-order valence-electron chi connectivity index (χ2n) is 5.07. The molecule has 0 spiro atoms. The Hall–Kier alpha value is -1.12. The molecule has 1 aromatic carbocycles. The van der Waals surface area contributed by atoms with Crippen molar-refractivity contribution in [2.75, 3.05) is 26.2 Å². The molecule has 0 radical (unpaired) electrons. The number of hydrogen-bond acceptors (Lipinski definition) is 2. The van der Waals surface area contributed by atoms with Crippen LogP contribution in [0.5, 0.6) is 0 Å². The van der Waals surface area contributed by atoms with Gasteiger partial charge >= 0.3 is 0 Å². The molecule has 1 aromatic rings. The van der Waals surface area contributed by atoms with Crippen molar-refractivity contribution in [3.05, 3.63) is 48.0 Å². The summed E-state index contributed by atoms with van der Waals surface area (Å²) >= 11 is 0. The average Bonchev–Trinajstić information content (AvgIpc) is 2.40. The number of benzene rings is 1. The van der Waals surface area contributed by atoms with Gasteiger partial charge in [-0.25, -0.2) is 0 Å². The largest absolute Gasteiger partial charge is 0.312 e. The van der Waals surface area contributed by atoms with Crippen molar-refractivity contribution in [3.63, 3.8) is 0 Å². The molecule has 1 aliphatic heterocycles. The van der Waals surface area contributed by atoms with Gasteiger partial charge in [-0.1, -0.05) is 37.3 Å². The lowest BCUT2D eigenvalue weighted by Crippen LogP contribution is -2.37. The van der Waals surface area contributed by atoms with Crippen molar-refractivity contribution in [1.82, 2.24) is 10.2 Å². The van der Waals surface area contributed by atoms with Crippen LogP contribution in [0.25, 0.3) is 0 Å². The molecule has 0 aromatic heterocycles. The van der Waals surface area contributed by atoms with Gasteiger partial charge in [-0.2, -0.15) is 0 Å². The van der Waals surface area contributed by atoms with Crippen LogP contribution < -0.4 is 5.32 Å². The maximum Gasteiger partial charge on any atom is 0.0208 e. The third-order valence-electron chi connectivity index (χ3n) is 3.61. The molecule has 98 valence electrons. The summed E-state index contributed by atoms with van der Waals surface area (Å²) < 4.78 is 0. The summed E-state index contributed by atoms with van der Waals surface area (Å²) in [6, 6.07) is 8.83. The van der Waals surface area contributed by atoms with Crippen molar-refractivity contribution in [1.29, 1.82) is 0 Å². The van der Waals surface area contributed by atoms with Crippen LogP contribution in [-0.4, -0.2) is 31.1 Å². The van der Waals surface area contributed by atoms with E-state index in [-0.39, 0.29) is 0 Å². The molecule has 18 heavy (non-hydrogen) atoms. The van der Waals surface area contributed by atoms with Crippen molar-refractivity contribution >= 4 is 0 Å². The van der Waals surface area contributed by atoms with Gasteiger partial charge in [0.25, 0.3) is 0 Å². The fraction of sp³-hybridized carbons (Fsp3) is 0.500. The molecule has 0 saturated heterocycles. The van der Waals surface area contributed by atoms with E-state index >= 15 is 0 Å². The number of hydrogen-bond donors (Lipinski definition) is 1. The van der Waals surface area contributed by atoms with Gasteiger partial charge < -0.3 is 5.32 Å². The van der Waals surface area contributed by atoms with Crippen LogP contribution in [0, 0.1) is 0 Å². The van der Waals surface area contributed by atoms with Crippen molar-refractivity contribution in [2.45, 2.75) is 25.8 Å². The van der Waals surface area contributed by atoms with Gasteiger partial charge in [0.15, 0.2) is 0 Å². The molecule has 1 N–H and O–H groups in total. The molecule has 0 bridgehead atoms. The summed E-state index contributed by atoms with van der Waals surface area (Å²) in [5, 5.41) is 3.53. The molecule has 0 saturated carbocycles. The summed E-state index contributed by atoms with van der Waals surface area (Å²) in [6.45, 7) is 11.5. The molecule has 0 fully saturated rings. The second-order valence-corrected chi connectivity index (χ2v) is 5.07. The molecule has 1 aliphatic rings. The highest BCUT2D eigenvalue weighted by molar-refractivity contribution is 5.32. The lowest BCUT2D eigenvalue weighted by Gasteiger charge is -2.31. The van der Waals surface area contributed by atoms with E-state index in [9.17, 15) is 0 Å². The zero-order valence-electron chi connectivity index (χ0n) is 11.4. The molecule has 2 nitrogen and oxygen atoms in total. The molecule has 1 unspecified atom stereocenters. The van der Waals surface area contributed by atoms with Gasteiger partial charge in [0, 0.05) is 32.1 Å². The zero-order chi connectivity index (χ0) is 12.8. The first-order valence-electron chi connectivity index (χ1n) is 6.97. The van der Waals surface area contributed by atoms with E-state index in [1.54, 1.807) is 0 Å². The number of rotatable bonds is 6. The third kappa shape index (κ3) is 3.21. The summed E-state index contributed by atoms with van der Waals surface area (Å²) in [7, 11) is 0. The molecular weight excluding hydrogens is 220 g/mol. The van der Waals surface area contributed by atoms with E-state index in [1.165, 1.54) is 17.5 Å². The molecule has 0 amide bonds. The smallest absolute Gasteiger partial charge is 0.0208 e. The highest BCUT2D eigenvalue weighted by Crippen LogP contribution is 2.24. The lowest BCUT2D eigenvalue weighted by molar-refractivity contribution is 0.274. The van der Waals surface area contributed by atoms with Crippen molar-refractivity contribution in [3.8, 4) is 0 Å². The van der Waals surface area contributed by atoms with Crippen LogP contribution in [0.4, 0.5) is 0 Å². The maximum absolute atomic E-state index is 3.86. The lowest BCUT2D eigenvalue weighted by atomic mass is 9.90. The topological polar surface area (TPSA) is 15.3 Å². The summed E-state index contributed by atoms with van der Waals surface area (Å²) in [6.07, 6.45) is 3.22. The molecule has 1 atom stereocenters. The fourth-order valence-corrected chi connectivity index (χ4v) is 2.81. The Balaban J connectivity index is 2.07. The molecule has 2 heteroatoms. The SMILES string of the molecule is C=CCN(CCC)CC1CNCc2ccccc21. The predicted octanol–water partition coefficient (Wildman–Crippen LogP) is 2.77. The molecule has 0 aliphatic carbocycles. The first-order valence-corrected chi connectivity index (χ1v) is 6.97. The zero-order valence-corrected chi connectivity index (χ0v) is 11.4. The second kappa shape index (κ2) is 6.72. The van der Waals surface area contributed by atoms with Gasteiger partial charge in [0.1, 0.15) is 0 Å². The molecule has 2 rings (SSSR count). The Kier molecular flexibility index (Phi) is 4.97. The standard InChI is InChI=1S/C16H24N2/c1-3-9-18(10-4-2)13-15-12-17-11-14-7-5-6-8-16(14)15/h3,5-8,15,17H,1,4,9-13H2,2H3. The summed E-state index contributed by atoms with van der Waals surface area (Å²) in [5.74, 6) is 0.612. The van der Waals surface area contributed by atoms with E-state index in [0.717, 1.165) is 32.7 Å². The van der Waals surface area contributed by atoms with Gasteiger partial charge in [-0.3, -0.25) is 4.90 Å². The molecule has 1 heterocycles. The highest BCUT2D eigenvalue weighted by atomic mass is 15.1. The minimum absolute atomic E-state index is 0.612. The van der Waals surface area contributed by atoms with E-state index in [1.807, 2.05) is 6.08 Å². The van der Waals surface area contributed by atoms with E-state index < -0.39 is 0 Å². The Morgan fingerprint density at radius 1 is 1.44 bits per heavy atom. The van der Waals surface area contributed by atoms with Crippen LogP contribution in [0.3, 0.4) is 0 Å². The van der Waals surface area contributed by atoms with Gasteiger partial charge in [0.2, 0.25) is 0 Å². The Morgan fingerprint density at radius 3 is 3.06 bits per heavy atom. The maximum atomic E-state index is 3.86. The monoisotopic (exact) mass is 244 g/mol. The van der Waals surface area contributed by atoms with E-state index in [4.69, 9.17) is 0 Å². The summed E-state index contributed by atoms with van der Waals surface area (Å²) in [4.78, 5) is 2.50. The molecular formula is C16H24N2. The number of fused-ring (bicyclic) bond motifs is 1. The minimum atomic E-state index is 0.612. The van der Waals surface area contributed by atoms with Crippen LogP contribution in [0.1, 0.15) is 30.4 Å². The Labute approximate surface area is 111 Å². The quantitative estimate of drug-likeness (QED) is 0.774. The van der Waals surface area contributed by atoms with Crippen LogP contribution >= 0.6 is 0 Å². The van der Waals surface area contributed by atoms with Crippen molar-refractivity contribution < 1.29 is 0 Å². The first kappa shape index (κ1) is 13.3. The van der Waals surface area contributed by atoms with E-state index in [0.29, 0.717) is 5.92 Å².